The van der Waals surface area contributed by atoms with E-state index >= 15 is 0 Å². The van der Waals surface area contributed by atoms with Gasteiger partial charge in [-0.2, -0.15) is 0 Å². The summed E-state index contributed by atoms with van der Waals surface area (Å²) < 4.78 is 7.84. The molecule has 0 atom stereocenters. The molecule has 1 aromatic carbocycles. The second kappa shape index (κ2) is 7.84. The van der Waals surface area contributed by atoms with E-state index in [0.717, 1.165) is 22.5 Å². The van der Waals surface area contributed by atoms with Crippen LogP contribution in [0.1, 0.15) is 26.4 Å². The number of pyridine rings is 1. The van der Waals surface area contributed by atoms with Gasteiger partial charge in [-0.15, -0.1) is 11.3 Å². The minimum Gasteiger partial charge on any atom is -0.457 e. The Bertz CT molecular complexity index is 1290. The van der Waals surface area contributed by atoms with E-state index < -0.39 is 11.7 Å². The van der Waals surface area contributed by atoms with Gasteiger partial charge in [-0.3, -0.25) is 18.7 Å². The van der Waals surface area contributed by atoms with Gasteiger partial charge in [0.15, 0.2) is 0 Å². The summed E-state index contributed by atoms with van der Waals surface area (Å²) in [7, 11) is 0. The van der Waals surface area contributed by atoms with Crippen molar-refractivity contribution in [3.63, 3.8) is 0 Å². The molecule has 29 heavy (non-hydrogen) atoms. The third-order valence-corrected chi connectivity index (χ3v) is 5.69. The van der Waals surface area contributed by atoms with Crippen molar-refractivity contribution in [1.29, 1.82) is 0 Å². The van der Waals surface area contributed by atoms with Crippen LogP contribution in [0.4, 0.5) is 0 Å². The van der Waals surface area contributed by atoms with Gasteiger partial charge in [-0.05, 0) is 30.2 Å². The SMILES string of the molecule is Cc1c(=O)n(Cc2ccccc2)c(=O)n2cc(C(=O)OCc3ccncc3)sc12. The van der Waals surface area contributed by atoms with Gasteiger partial charge in [0.05, 0.1) is 6.54 Å². The van der Waals surface area contributed by atoms with Crippen LogP contribution in [0.2, 0.25) is 0 Å². The Labute approximate surface area is 169 Å². The van der Waals surface area contributed by atoms with E-state index in [0.29, 0.717) is 10.4 Å². The number of hydrogen-bond donors (Lipinski definition) is 0. The summed E-state index contributed by atoms with van der Waals surface area (Å²) >= 11 is 1.07. The smallest absolute Gasteiger partial charge is 0.350 e. The Morgan fingerprint density at radius 2 is 1.79 bits per heavy atom. The summed E-state index contributed by atoms with van der Waals surface area (Å²) in [5.74, 6) is -0.545. The summed E-state index contributed by atoms with van der Waals surface area (Å²) in [6, 6.07) is 12.8. The highest BCUT2D eigenvalue weighted by Crippen LogP contribution is 2.19. The molecule has 0 saturated heterocycles. The number of rotatable bonds is 5. The number of fused-ring (bicyclic) bond motifs is 1. The minimum absolute atomic E-state index is 0.101. The number of carbonyl (C=O) groups excluding carboxylic acids is 1. The number of ether oxygens (including phenoxy) is 1. The molecule has 0 N–H and O–H groups in total. The zero-order valence-electron chi connectivity index (χ0n) is 15.6. The first-order valence-electron chi connectivity index (χ1n) is 8.90. The molecule has 0 bridgehead atoms. The maximum atomic E-state index is 12.9. The van der Waals surface area contributed by atoms with Crippen molar-refractivity contribution in [2.75, 3.05) is 0 Å². The number of hydrogen-bond acceptors (Lipinski definition) is 6. The van der Waals surface area contributed by atoms with Gasteiger partial charge in [-0.1, -0.05) is 30.3 Å². The second-order valence-corrected chi connectivity index (χ2v) is 7.52. The van der Waals surface area contributed by atoms with E-state index in [1.807, 2.05) is 30.3 Å². The predicted octanol–water partition coefficient (Wildman–Crippen LogP) is 2.63. The van der Waals surface area contributed by atoms with E-state index in [-0.39, 0.29) is 23.6 Å². The third-order valence-electron chi connectivity index (χ3n) is 4.50. The number of esters is 1. The summed E-state index contributed by atoms with van der Waals surface area (Å²) in [5.41, 5.74) is 1.23. The molecule has 0 radical (unpaired) electrons. The number of benzene rings is 1. The highest BCUT2D eigenvalue weighted by atomic mass is 32.1. The van der Waals surface area contributed by atoms with Crippen LogP contribution in [-0.2, 0) is 17.9 Å². The molecule has 4 rings (SSSR count). The zero-order chi connectivity index (χ0) is 20.4. The van der Waals surface area contributed by atoms with Crippen LogP contribution in [-0.4, -0.2) is 19.9 Å². The molecule has 0 fully saturated rings. The molecular formula is C21H17N3O4S. The highest BCUT2D eigenvalue weighted by molar-refractivity contribution is 7.19. The van der Waals surface area contributed by atoms with Crippen LogP contribution in [0.3, 0.4) is 0 Å². The number of carbonyl (C=O) groups is 1. The summed E-state index contributed by atoms with van der Waals surface area (Å²) in [5, 5.41) is 0. The van der Waals surface area contributed by atoms with Crippen molar-refractivity contribution < 1.29 is 9.53 Å². The van der Waals surface area contributed by atoms with E-state index in [2.05, 4.69) is 4.98 Å². The van der Waals surface area contributed by atoms with Crippen molar-refractivity contribution in [2.24, 2.45) is 0 Å². The van der Waals surface area contributed by atoms with Crippen molar-refractivity contribution >= 4 is 22.1 Å². The van der Waals surface area contributed by atoms with Crippen LogP contribution in [0, 0.1) is 6.92 Å². The lowest BCUT2D eigenvalue weighted by Crippen LogP contribution is -2.38. The molecule has 0 aliphatic heterocycles. The van der Waals surface area contributed by atoms with Gasteiger partial charge in [0.1, 0.15) is 16.3 Å². The average Bonchev–Trinajstić information content (AvgIpc) is 3.21. The first kappa shape index (κ1) is 18.8. The lowest BCUT2D eigenvalue weighted by atomic mass is 10.2. The Balaban J connectivity index is 1.67. The normalized spacial score (nSPS) is 10.9. The molecule has 4 aromatic rings. The summed E-state index contributed by atoms with van der Waals surface area (Å²) in [6.07, 6.45) is 4.67. The van der Waals surface area contributed by atoms with Crippen LogP contribution in [0.5, 0.6) is 0 Å². The lowest BCUT2D eigenvalue weighted by molar-refractivity contribution is 0.0478. The van der Waals surface area contributed by atoms with Crippen LogP contribution >= 0.6 is 11.3 Å². The first-order chi connectivity index (χ1) is 14.0. The molecule has 0 saturated carbocycles. The number of thiazole rings is 1. The minimum atomic E-state index is -0.545. The summed E-state index contributed by atoms with van der Waals surface area (Å²) in [6.45, 7) is 1.92. The third kappa shape index (κ3) is 3.74. The Morgan fingerprint density at radius 1 is 1.07 bits per heavy atom. The fourth-order valence-corrected chi connectivity index (χ4v) is 3.94. The molecule has 0 amide bonds. The van der Waals surface area contributed by atoms with Crippen LogP contribution in [0.15, 0.2) is 70.6 Å². The number of aryl methyl sites for hydroxylation is 1. The lowest BCUT2D eigenvalue weighted by Gasteiger charge is -2.07. The molecule has 3 aromatic heterocycles. The fourth-order valence-electron chi connectivity index (χ4n) is 2.96. The monoisotopic (exact) mass is 407 g/mol. The zero-order valence-corrected chi connectivity index (χ0v) is 16.4. The highest BCUT2D eigenvalue weighted by Gasteiger charge is 2.18. The van der Waals surface area contributed by atoms with E-state index in [1.54, 1.807) is 31.5 Å². The predicted molar refractivity (Wildman–Crippen MR) is 109 cm³/mol. The summed E-state index contributed by atoms with van der Waals surface area (Å²) in [4.78, 5) is 42.7. The molecule has 0 unspecified atom stereocenters. The first-order valence-corrected chi connectivity index (χ1v) is 9.72. The number of aromatic nitrogens is 3. The largest absolute Gasteiger partial charge is 0.457 e. The molecule has 3 heterocycles. The maximum Gasteiger partial charge on any atom is 0.350 e. The molecule has 7 nitrogen and oxygen atoms in total. The molecule has 8 heteroatoms. The molecular weight excluding hydrogens is 390 g/mol. The maximum absolute atomic E-state index is 12.9. The van der Waals surface area contributed by atoms with Gasteiger partial charge in [0.2, 0.25) is 0 Å². The fraction of sp³-hybridized carbons (Fsp3) is 0.143. The standard InChI is InChI=1S/C21H17N3O4S/c1-14-18(25)23(11-15-5-3-2-4-6-15)21(27)24-12-17(29-19(14)24)20(26)28-13-16-7-9-22-10-8-16/h2-10,12H,11,13H2,1H3. The van der Waals surface area contributed by atoms with Gasteiger partial charge >= 0.3 is 11.7 Å². The van der Waals surface area contributed by atoms with Gasteiger partial charge in [-0.25, -0.2) is 9.59 Å². The van der Waals surface area contributed by atoms with Gasteiger partial charge < -0.3 is 4.74 Å². The van der Waals surface area contributed by atoms with E-state index in [9.17, 15) is 14.4 Å². The Hall–Kier alpha value is -3.52. The van der Waals surface area contributed by atoms with Crippen molar-refractivity contribution in [2.45, 2.75) is 20.1 Å². The van der Waals surface area contributed by atoms with Crippen LogP contribution in [0.25, 0.3) is 4.83 Å². The van der Waals surface area contributed by atoms with Gasteiger partial charge in [0.25, 0.3) is 5.56 Å². The van der Waals surface area contributed by atoms with E-state index in [1.165, 1.54) is 15.2 Å². The van der Waals surface area contributed by atoms with E-state index in [4.69, 9.17) is 4.74 Å². The second-order valence-electron chi connectivity index (χ2n) is 6.49. The van der Waals surface area contributed by atoms with Crippen molar-refractivity contribution in [3.8, 4) is 0 Å². The molecule has 0 spiro atoms. The molecule has 0 aliphatic rings. The van der Waals surface area contributed by atoms with Crippen molar-refractivity contribution in [3.05, 3.63) is 103 Å². The molecule has 146 valence electrons. The quantitative estimate of drug-likeness (QED) is 0.475. The molecule has 0 aliphatic carbocycles. The Morgan fingerprint density at radius 3 is 2.52 bits per heavy atom. The average molecular weight is 407 g/mol. The topological polar surface area (TPSA) is 82.7 Å². The Kier molecular flexibility index (Phi) is 5.09. The van der Waals surface area contributed by atoms with Gasteiger partial charge in [0, 0.05) is 24.2 Å². The van der Waals surface area contributed by atoms with Crippen molar-refractivity contribution in [1.82, 2.24) is 14.0 Å². The van der Waals surface area contributed by atoms with Crippen LogP contribution < -0.4 is 11.2 Å². The number of nitrogens with zero attached hydrogens (tertiary/aromatic N) is 3.